The molecule has 3 heterocycles. The van der Waals surface area contributed by atoms with E-state index in [4.69, 9.17) is 5.26 Å². The van der Waals surface area contributed by atoms with Gasteiger partial charge in [0.25, 0.3) is 5.92 Å². The zero-order chi connectivity index (χ0) is 24.3. The molecule has 2 aromatic heterocycles. The van der Waals surface area contributed by atoms with Crippen LogP contribution < -0.4 is 0 Å². The molecular formula is C26H22F2N4O2. The van der Waals surface area contributed by atoms with Crippen molar-refractivity contribution in [1.82, 2.24) is 14.9 Å². The van der Waals surface area contributed by atoms with Gasteiger partial charge in [-0.1, -0.05) is 12.1 Å². The van der Waals surface area contributed by atoms with Gasteiger partial charge < -0.3 is 4.90 Å². The summed E-state index contributed by atoms with van der Waals surface area (Å²) in [5.74, 6) is -3.99. The zero-order valence-corrected chi connectivity index (χ0v) is 18.5. The van der Waals surface area contributed by atoms with Gasteiger partial charge in [0.15, 0.2) is 5.78 Å². The molecule has 1 amide bonds. The fraction of sp³-hybridized carbons (Fsp3) is 0.269. The van der Waals surface area contributed by atoms with Gasteiger partial charge in [-0.3, -0.25) is 19.6 Å². The molecule has 6 nitrogen and oxygen atoms in total. The molecule has 1 saturated heterocycles. The number of benzene rings is 1. The lowest BCUT2D eigenvalue weighted by Crippen LogP contribution is -2.36. The van der Waals surface area contributed by atoms with E-state index < -0.39 is 30.8 Å². The molecule has 0 aliphatic carbocycles. The van der Waals surface area contributed by atoms with E-state index in [-0.39, 0.29) is 18.6 Å². The van der Waals surface area contributed by atoms with Crippen molar-refractivity contribution in [3.05, 3.63) is 71.7 Å². The number of carbonyl (C=O) groups excluding carboxylic acids is 2. The molecule has 1 aliphatic heterocycles. The Morgan fingerprint density at radius 2 is 1.94 bits per heavy atom. The molecule has 0 N–H and O–H groups in total. The molecule has 1 aliphatic rings. The van der Waals surface area contributed by atoms with Crippen LogP contribution in [0.3, 0.4) is 0 Å². The number of ketones is 1. The van der Waals surface area contributed by atoms with Crippen molar-refractivity contribution in [2.45, 2.75) is 38.2 Å². The van der Waals surface area contributed by atoms with Gasteiger partial charge in [0.1, 0.15) is 6.04 Å². The lowest BCUT2D eigenvalue weighted by atomic mass is 9.99. The first-order valence-corrected chi connectivity index (χ1v) is 10.8. The molecule has 34 heavy (non-hydrogen) atoms. The van der Waals surface area contributed by atoms with E-state index in [1.54, 1.807) is 24.5 Å². The highest BCUT2D eigenvalue weighted by molar-refractivity contribution is 6.08. The Hall–Kier alpha value is -3.99. The smallest absolute Gasteiger partial charge is 0.268 e. The number of hydrogen-bond acceptors (Lipinski definition) is 5. The van der Waals surface area contributed by atoms with Crippen molar-refractivity contribution >= 4 is 34.2 Å². The summed E-state index contributed by atoms with van der Waals surface area (Å²) in [5.41, 5.74) is 3.99. The lowest BCUT2D eigenvalue weighted by molar-refractivity contribution is -0.132. The van der Waals surface area contributed by atoms with Crippen molar-refractivity contribution < 1.29 is 18.4 Å². The second-order valence-corrected chi connectivity index (χ2v) is 8.35. The van der Waals surface area contributed by atoms with Crippen LogP contribution in [0.2, 0.25) is 0 Å². The SMILES string of the molecule is C/C(=C\c1ccc2nccc(C(=O)CCC(=O)N3CC(F)(F)C[C@H]3C#N)c2c1)c1ccncc1. The Kier molecular flexibility index (Phi) is 6.46. The molecule has 0 spiro atoms. The van der Waals surface area contributed by atoms with E-state index in [9.17, 15) is 18.4 Å². The topological polar surface area (TPSA) is 87.0 Å². The fourth-order valence-electron chi connectivity index (χ4n) is 4.14. The number of halogens is 2. The van der Waals surface area contributed by atoms with E-state index in [0.29, 0.717) is 16.5 Å². The average Bonchev–Trinajstić information content (AvgIpc) is 3.17. The number of Topliss-reactive ketones (excluding diaryl/α,β-unsaturated/α-hetero) is 1. The standard InChI is InChI=1S/C26H22F2N4O2/c1-17(19-6-9-30-10-7-19)12-18-2-3-23-22(13-18)21(8-11-31-23)24(33)4-5-25(34)32-16-26(27,28)14-20(32)15-29/h2-3,6-13,20H,4-5,14,16H2,1H3/b17-12+/t20-/m0/s1. The monoisotopic (exact) mass is 460 g/mol. The maximum absolute atomic E-state index is 13.6. The van der Waals surface area contributed by atoms with Gasteiger partial charge in [0.2, 0.25) is 5.91 Å². The lowest BCUT2D eigenvalue weighted by Gasteiger charge is -2.18. The summed E-state index contributed by atoms with van der Waals surface area (Å²) in [6, 6.07) is 11.6. The number of likely N-dealkylation sites (tertiary alicyclic amines) is 1. The highest BCUT2D eigenvalue weighted by atomic mass is 19.3. The van der Waals surface area contributed by atoms with Gasteiger partial charge in [-0.2, -0.15) is 5.26 Å². The van der Waals surface area contributed by atoms with Crippen LogP contribution in [-0.2, 0) is 4.79 Å². The van der Waals surface area contributed by atoms with Crippen LogP contribution in [0.15, 0.2) is 55.0 Å². The number of allylic oxidation sites excluding steroid dienone is 1. The first-order valence-electron chi connectivity index (χ1n) is 10.8. The van der Waals surface area contributed by atoms with E-state index in [1.807, 2.05) is 43.3 Å². The minimum absolute atomic E-state index is 0.145. The second kappa shape index (κ2) is 9.48. The van der Waals surface area contributed by atoms with Gasteiger partial charge in [-0.15, -0.1) is 0 Å². The quantitative estimate of drug-likeness (QED) is 0.488. The third kappa shape index (κ3) is 4.99. The summed E-state index contributed by atoms with van der Waals surface area (Å²) in [6.45, 7) is 1.19. The van der Waals surface area contributed by atoms with E-state index >= 15 is 0 Å². The first kappa shape index (κ1) is 23.2. The minimum atomic E-state index is -3.08. The molecule has 0 radical (unpaired) electrons. The molecular weight excluding hydrogens is 438 g/mol. The zero-order valence-electron chi connectivity index (χ0n) is 18.5. The molecule has 4 rings (SSSR count). The molecule has 0 saturated carbocycles. The summed E-state index contributed by atoms with van der Waals surface area (Å²) in [5, 5.41) is 9.75. The third-order valence-electron chi connectivity index (χ3n) is 5.89. The van der Waals surface area contributed by atoms with Crippen LogP contribution >= 0.6 is 0 Å². The number of hydrogen-bond donors (Lipinski definition) is 0. The van der Waals surface area contributed by atoms with Crippen LogP contribution in [0.25, 0.3) is 22.6 Å². The Balaban J connectivity index is 1.53. The summed E-state index contributed by atoms with van der Waals surface area (Å²) in [6.07, 6.45) is 5.91. The number of fused-ring (bicyclic) bond motifs is 1. The number of nitrogens with zero attached hydrogens (tertiary/aromatic N) is 4. The van der Waals surface area contributed by atoms with E-state index in [1.165, 1.54) is 6.20 Å². The summed E-state index contributed by atoms with van der Waals surface area (Å²) in [4.78, 5) is 34.7. The molecule has 8 heteroatoms. The van der Waals surface area contributed by atoms with Crippen molar-refractivity contribution in [2.75, 3.05) is 6.54 Å². The van der Waals surface area contributed by atoms with E-state index in [0.717, 1.165) is 21.6 Å². The van der Waals surface area contributed by atoms with Crippen LogP contribution in [0.4, 0.5) is 8.78 Å². The third-order valence-corrected chi connectivity index (χ3v) is 5.89. The Bertz CT molecular complexity index is 1320. The molecule has 0 bridgehead atoms. The number of carbonyl (C=O) groups is 2. The summed E-state index contributed by atoms with van der Waals surface area (Å²) in [7, 11) is 0. The Morgan fingerprint density at radius 1 is 1.18 bits per heavy atom. The maximum Gasteiger partial charge on any atom is 0.268 e. The highest BCUT2D eigenvalue weighted by Crippen LogP contribution is 2.32. The molecule has 1 atom stereocenters. The van der Waals surface area contributed by atoms with Gasteiger partial charge >= 0.3 is 0 Å². The number of alkyl halides is 2. The van der Waals surface area contributed by atoms with Crippen molar-refractivity contribution in [2.24, 2.45) is 0 Å². The predicted octanol–water partition coefficient (Wildman–Crippen LogP) is 4.91. The predicted molar refractivity (Wildman–Crippen MR) is 124 cm³/mol. The van der Waals surface area contributed by atoms with Gasteiger partial charge in [-0.25, -0.2) is 8.78 Å². The van der Waals surface area contributed by atoms with Gasteiger partial charge in [0.05, 0.1) is 18.1 Å². The summed E-state index contributed by atoms with van der Waals surface area (Å²) >= 11 is 0. The molecule has 1 aromatic carbocycles. The van der Waals surface area contributed by atoms with Crippen LogP contribution in [0, 0.1) is 11.3 Å². The number of aromatic nitrogens is 2. The van der Waals surface area contributed by atoms with Gasteiger partial charge in [0, 0.05) is 48.8 Å². The number of pyridine rings is 2. The highest BCUT2D eigenvalue weighted by Gasteiger charge is 2.47. The molecule has 1 fully saturated rings. The first-order chi connectivity index (χ1) is 16.3. The van der Waals surface area contributed by atoms with Crippen LogP contribution in [0.1, 0.15) is 47.7 Å². The van der Waals surface area contributed by atoms with E-state index in [2.05, 4.69) is 9.97 Å². The average molecular weight is 460 g/mol. The number of amides is 1. The van der Waals surface area contributed by atoms with Crippen molar-refractivity contribution in [3.8, 4) is 6.07 Å². The Morgan fingerprint density at radius 3 is 2.68 bits per heavy atom. The second-order valence-electron chi connectivity index (χ2n) is 8.35. The normalized spacial score (nSPS) is 17.5. The largest absolute Gasteiger partial charge is 0.320 e. The van der Waals surface area contributed by atoms with Crippen LogP contribution in [-0.4, -0.2) is 45.1 Å². The Labute approximate surface area is 195 Å². The molecule has 0 unspecified atom stereocenters. The van der Waals surface area contributed by atoms with Crippen LogP contribution in [0.5, 0.6) is 0 Å². The molecule has 172 valence electrons. The maximum atomic E-state index is 13.6. The number of rotatable bonds is 6. The molecule has 3 aromatic rings. The van der Waals surface area contributed by atoms with Crippen molar-refractivity contribution in [3.63, 3.8) is 0 Å². The minimum Gasteiger partial charge on any atom is -0.320 e. The van der Waals surface area contributed by atoms with Gasteiger partial charge in [-0.05, 0) is 54.0 Å². The fourth-order valence-corrected chi connectivity index (χ4v) is 4.14. The number of nitriles is 1. The summed E-state index contributed by atoms with van der Waals surface area (Å²) < 4.78 is 27.3. The van der Waals surface area contributed by atoms with Crippen molar-refractivity contribution in [1.29, 1.82) is 5.26 Å².